The Hall–Kier alpha value is -2.32. The number of aromatic nitrogens is 1. The molecule has 0 atom stereocenters. The molecule has 0 bridgehead atoms. The minimum absolute atomic E-state index is 0.149. The number of nitrogens with one attached hydrogen (secondary N) is 1. The zero-order chi connectivity index (χ0) is 20.6. The van der Waals surface area contributed by atoms with Gasteiger partial charge in [-0.05, 0) is 43.7 Å². The van der Waals surface area contributed by atoms with Crippen molar-refractivity contribution in [2.75, 3.05) is 49.7 Å². The molecular formula is C21H26BrN3O4. The zero-order valence-electron chi connectivity index (χ0n) is 16.7. The van der Waals surface area contributed by atoms with Crippen molar-refractivity contribution < 1.29 is 19.0 Å². The number of ether oxygens (including phenoxy) is 3. The topological polar surface area (TPSA) is 72.9 Å². The molecule has 1 aliphatic rings. The van der Waals surface area contributed by atoms with Gasteiger partial charge in [-0.25, -0.2) is 4.98 Å². The molecule has 0 radical (unpaired) electrons. The zero-order valence-corrected chi connectivity index (χ0v) is 18.3. The van der Waals surface area contributed by atoms with Crippen LogP contribution in [0.5, 0.6) is 11.5 Å². The van der Waals surface area contributed by atoms with Gasteiger partial charge in [-0.3, -0.25) is 4.79 Å². The van der Waals surface area contributed by atoms with E-state index >= 15 is 0 Å². The van der Waals surface area contributed by atoms with Crippen LogP contribution in [0, 0.1) is 0 Å². The highest BCUT2D eigenvalue weighted by molar-refractivity contribution is 9.10. The van der Waals surface area contributed by atoms with Crippen LogP contribution in [-0.2, 0) is 16.0 Å². The summed E-state index contributed by atoms with van der Waals surface area (Å²) in [5.41, 5.74) is 1.85. The van der Waals surface area contributed by atoms with Crippen LogP contribution >= 0.6 is 15.9 Å². The van der Waals surface area contributed by atoms with Crippen LogP contribution in [0.1, 0.15) is 19.4 Å². The van der Waals surface area contributed by atoms with Gasteiger partial charge in [-0.15, -0.1) is 0 Å². The number of hydrogen-bond acceptors (Lipinski definition) is 6. The third-order valence-corrected chi connectivity index (χ3v) is 5.19. The standard InChI is InChI=1S/C21H26BrN3O4/c1-3-28-18-11-15(17(22)13-19(18)29-4-2)12-21(26)24-20-6-5-16(14-23-20)25-7-9-27-10-8-25/h5-6,11,13-14H,3-4,7-10,12H2,1-2H3,(H,23,24,26). The summed E-state index contributed by atoms with van der Waals surface area (Å²) in [7, 11) is 0. The van der Waals surface area contributed by atoms with Crippen molar-refractivity contribution in [1.29, 1.82) is 0 Å². The summed E-state index contributed by atoms with van der Waals surface area (Å²) in [5.74, 6) is 1.67. The highest BCUT2D eigenvalue weighted by atomic mass is 79.9. The van der Waals surface area contributed by atoms with E-state index in [-0.39, 0.29) is 12.3 Å². The van der Waals surface area contributed by atoms with E-state index in [1.165, 1.54) is 0 Å². The van der Waals surface area contributed by atoms with Crippen molar-refractivity contribution in [3.63, 3.8) is 0 Å². The third-order valence-electron chi connectivity index (χ3n) is 4.46. The molecule has 29 heavy (non-hydrogen) atoms. The molecule has 8 heteroatoms. The van der Waals surface area contributed by atoms with Crippen LogP contribution in [0.15, 0.2) is 34.9 Å². The van der Waals surface area contributed by atoms with Crippen molar-refractivity contribution in [3.05, 3.63) is 40.5 Å². The second-order valence-corrected chi connectivity index (χ2v) is 7.34. The first-order chi connectivity index (χ1) is 14.1. The largest absolute Gasteiger partial charge is 0.490 e. The summed E-state index contributed by atoms with van der Waals surface area (Å²) >= 11 is 3.52. The van der Waals surface area contributed by atoms with Crippen molar-refractivity contribution in [3.8, 4) is 11.5 Å². The summed E-state index contributed by atoms with van der Waals surface area (Å²) < 4.78 is 17.4. The number of rotatable bonds is 8. The Labute approximate surface area is 179 Å². The SMILES string of the molecule is CCOc1cc(Br)c(CC(=O)Nc2ccc(N3CCOCC3)cn2)cc1OCC. The van der Waals surface area contributed by atoms with Gasteiger partial charge in [0.2, 0.25) is 5.91 Å². The van der Waals surface area contributed by atoms with Gasteiger partial charge in [0, 0.05) is 17.6 Å². The maximum Gasteiger partial charge on any atom is 0.229 e. The Morgan fingerprint density at radius 2 is 1.86 bits per heavy atom. The Morgan fingerprint density at radius 1 is 1.17 bits per heavy atom. The molecule has 0 aliphatic carbocycles. The third kappa shape index (κ3) is 5.83. The summed E-state index contributed by atoms with van der Waals surface area (Å²) in [4.78, 5) is 19.1. The molecule has 0 unspecified atom stereocenters. The molecule has 3 rings (SSSR count). The number of pyridine rings is 1. The van der Waals surface area contributed by atoms with Crippen LogP contribution in [-0.4, -0.2) is 50.4 Å². The van der Waals surface area contributed by atoms with E-state index in [9.17, 15) is 4.79 Å². The summed E-state index contributed by atoms with van der Waals surface area (Å²) in [6.07, 6.45) is 1.97. The predicted octanol–water partition coefficient (Wildman–Crippen LogP) is 3.66. The van der Waals surface area contributed by atoms with Crippen LogP contribution in [0.3, 0.4) is 0 Å². The van der Waals surface area contributed by atoms with Crippen LogP contribution in [0.25, 0.3) is 0 Å². The fraction of sp³-hybridized carbons (Fsp3) is 0.429. The normalized spacial score (nSPS) is 13.8. The molecule has 156 valence electrons. The van der Waals surface area contributed by atoms with Crippen molar-refractivity contribution in [2.45, 2.75) is 20.3 Å². The molecule has 1 fully saturated rings. The monoisotopic (exact) mass is 463 g/mol. The van der Waals surface area contributed by atoms with Crippen molar-refractivity contribution >= 4 is 33.3 Å². The summed E-state index contributed by atoms with van der Waals surface area (Å²) in [5, 5.41) is 2.85. The predicted molar refractivity (Wildman–Crippen MR) is 116 cm³/mol. The maximum absolute atomic E-state index is 12.5. The smallest absolute Gasteiger partial charge is 0.229 e. The van der Waals surface area contributed by atoms with Gasteiger partial charge in [-0.2, -0.15) is 0 Å². The molecule has 1 aromatic heterocycles. The first kappa shape index (κ1) is 21.4. The molecular weight excluding hydrogens is 438 g/mol. The van der Waals surface area contributed by atoms with E-state index in [2.05, 4.69) is 31.1 Å². The fourth-order valence-electron chi connectivity index (χ4n) is 3.08. The minimum Gasteiger partial charge on any atom is -0.490 e. The number of hydrogen-bond donors (Lipinski definition) is 1. The molecule has 1 amide bonds. The number of carbonyl (C=O) groups excluding carboxylic acids is 1. The van der Waals surface area contributed by atoms with Gasteiger partial charge in [0.25, 0.3) is 0 Å². The number of halogens is 1. The van der Waals surface area contributed by atoms with Crippen LogP contribution in [0.4, 0.5) is 11.5 Å². The lowest BCUT2D eigenvalue weighted by Crippen LogP contribution is -2.36. The Morgan fingerprint density at radius 3 is 2.48 bits per heavy atom. The number of benzene rings is 1. The molecule has 0 spiro atoms. The molecule has 1 saturated heterocycles. The minimum atomic E-state index is -0.149. The van der Waals surface area contributed by atoms with E-state index < -0.39 is 0 Å². The highest BCUT2D eigenvalue weighted by Gasteiger charge is 2.15. The number of morpholine rings is 1. The molecule has 1 aliphatic heterocycles. The van der Waals surface area contributed by atoms with E-state index in [1.807, 2.05) is 38.1 Å². The number of anilines is 2. The van der Waals surface area contributed by atoms with Gasteiger partial charge in [0.1, 0.15) is 5.82 Å². The Kier molecular flexibility index (Phi) is 7.71. The number of amides is 1. The molecule has 7 nitrogen and oxygen atoms in total. The maximum atomic E-state index is 12.5. The lowest BCUT2D eigenvalue weighted by molar-refractivity contribution is -0.115. The molecule has 1 aromatic carbocycles. The Balaban J connectivity index is 1.64. The molecule has 2 aromatic rings. The molecule has 1 N–H and O–H groups in total. The highest BCUT2D eigenvalue weighted by Crippen LogP contribution is 2.34. The average molecular weight is 464 g/mol. The number of carbonyl (C=O) groups is 1. The lowest BCUT2D eigenvalue weighted by atomic mass is 10.1. The molecule has 0 saturated carbocycles. The van der Waals surface area contributed by atoms with Gasteiger partial charge >= 0.3 is 0 Å². The second-order valence-electron chi connectivity index (χ2n) is 6.48. The first-order valence-electron chi connectivity index (χ1n) is 9.77. The fourth-order valence-corrected chi connectivity index (χ4v) is 3.54. The Bertz CT molecular complexity index is 823. The average Bonchev–Trinajstić information content (AvgIpc) is 2.73. The second kappa shape index (κ2) is 10.5. The van der Waals surface area contributed by atoms with E-state index in [0.717, 1.165) is 42.0 Å². The van der Waals surface area contributed by atoms with Gasteiger partial charge in [0.15, 0.2) is 11.5 Å². The van der Waals surface area contributed by atoms with E-state index in [1.54, 1.807) is 6.20 Å². The van der Waals surface area contributed by atoms with Gasteiger partial charge < -0.3 is 24.4 Å². The first-order valence-corrected chi connectivity index (χ1v) is 10.6. The quantitative estimate of drug-likeness (QED) is 0.643. The van der Waals surface area contributed by atoms with Crippen LogP contribution in [0.2, 0.25) is 0 Å². The number of nitrogens with zero attached hydrogens (tertiary/aromatic N) is 2. The van der Waals surface area contributed by atoms with E-state index in [0.29, 0.717) is 30.5 Å². The summed E-state index contributed by atoms with van der Waals surface area (Å²) in [6.45, 7) is 8.03. The van der Waals surface area contributed by atoms with E-state index in [4.69, 9.17) is 14.2 Å². The lowest BCUT2D eigenvalue weighted by Gasteiger charge is -2.28. The molecule has 2 heterocycles. The van der Waals surface area contributed by atoms with Gasteiger partial charge in [-0.1, -0.05) is 15.9 Å². The van der Waals surface area contributed by atoms with Crippen molar-refractivity contribution in [2.24, 2.45) is 0 Å². The van der Waals surface area contributed by atoms with Gasteiger partial charge in [0.05, 0.1) is 44.7 Å². The van der Waals surface area contributed by atoms with Crippen LogP contribution < -0.4 is 19.7 Å². The van der Waals surface area contributed by atoms with Crippen molar-refractivity contribution in [1.82, 2.24) is 4.98 Å². The summed E-state index contributed by atoms with van der Waals surface area (Å²) in [6, 6.07) is 7.47.